The number of amides is 1. The number of carboxylic acids is 1. The number of carbonyl (C=O) groups excluding carboxylic acids is 1. The van der Waals surface area contributed by atoms with Gasteiger partial charge in [0.05, 0.1) is 25.3 Å². The molecule has 9 heteroatoms. The minimum Gasteiger partial charge on any atom is -0.497 e. The number of aromatic amines is 1. The van der Waals surface area contributed by atoms with E-state index in [9.17, 15) is 19.5 Å². The van der Waals surface area contributed by atoms with Crippen LogP contribution in [0.2, 0.25) is 0 Å². The molecule has 0 saturated carbocycles. The van der Waals surface area contributed by atoms with Gasteiger partial charge in [-0.2, -0.15) is 0 Å². The molecular formula is C20H21N3O6. The van der Waals surface area contributed by atoms with Crippen LogP contribution in [0.4, 0.5) is 0 Å². The van der Waals surface area contributed by atoms with Crippen molar-refractivity contribution in [1.29, 1.82) is 0 Å². The summed E-state index contributed by atoms with van der Waals surface area (Å²) in [6.07, 6.45) is 0. The number of aromatic nitrogens is 2. The second-order valence-electron chi connectivity index (χ2n) is 6.40. The number of methoxy groups -OCH3 is 2. The third-order valence-corrected chi connectivity index (χ3v) is 4.44. The quantitative estimate of drug-likeness (QED) is 0.593. The second-order valence-corrected chi connectivity index (χ2v) is 6.40. The maximum absolute atomic E-state index is 12.9. The number of fused-ring (bicyclic) bond motifs is 1. The first-order valence-corrected chi connectivity index (χ1v) is 8.80. The zero-order valence-electron chi connectivity index (χ0n) is 16.0. The standard InChI is InChI=1S/C20H21N3O6/c1-28-14-7-13(8-15(9-14)29-2)10-22(12-19(25)26)18(24)11-23-17-6-4-3-5-16(17)21-20(23)27/h3-9H,10-12H2,1-2H3,(H,21,27)(H,25,26). The van der Waals surface area contributed by atoms with Crippen molar-refractivity contribution in [3.63, 3.8) is 0 Å². The van der Waals surface area contributed by atoms with E-state index in [1.807, 2.05) is 0 Å². The van der Waals surface area contributed by atoms with Crippen molar-refractivity contribution in [1.82, 2.24) is 14.5 Å². The number of rotatable bonds is 8. The highest BCUT2D eigenvalue weighted by Gasteiger charge is 2.20. The van der Waals surface area contributed by atoms with E-state index in [0.717, 1.165) is 0 Å². The summed E-state index contributed by atoms with van der Waals surface area (Å²) >= 11 is 0. The highest BCUT2D eigenvalue weighted by molar-refractivity contribution is 5.83. The lowest BCUT2D eigenvalue weighted by Gasteiger charge is -2.22. The summed E-state index contributed by atoms with van der Waals surface area (Å²) in [6.45, 7) is -0.761. The number of ether oxygens (including phenoxy) is 2. The molecule has 1 amide bonds. The van der Waals surface area contributed by atoms with Gasteiger partial charge >= 0.3 is 11.7 Å². The summed E-state index contributed by atoms with van der Waals surface area (Å²) in [7, 11) is 3.00. The third-order valence-electron chi connectivity index (χ3n) is 4.44. The number of imidazole rings is 1. The molecule has 2 aromatic carbocycles. The van der Waals surface area contributed by atoms with Gasteiger partial charge in [0.25, 0.3) is 0 Å². The second kappa shape index (κ2) is 8.51. The predicted molar refractivity (Wildman–Crippen MR) is 105 cm³/mol. The molecule has 9 nitrogen and oxygen atoms in total. The molecule has 3 aromatic rings. The van der Waals surface area contributed by atoms with Crippen LogP contribution in [0.3, 0.4) is 0 Å². The topological polar surface area (TPSA) is 114 Å². The van der Waals surface area contributed by atoms with Crippen molar-refractivity contribution in [2.45, 2.75) is 13.1 Å². The van der Waals surface area contributed by atoms with Crippen LogP contribution in [-0.4, -0.2) is 52.2 Å². The van der Waals surface area contributed by atoms with Gasteiger partial charge in [-0.3, -0.25) is 14.2 Å². The molecule has 152 valence electrons. The number of nitrogens with one attached hydrogen (secondary N) is 1. The van der Waals surface area contributed by atoms with Crippen LogP contribution in [0.25, 0.3) is 11.0 Å². The smallest absolute Gasteiger partial charge is 0.326 e. The van der Waals surface area contributed by atoms with Crippen molar-refractivity contribution in [2.75, 3.05) is 20.8 Å². The average Bonchev–Trinajstić information content (AvgIpc) is 3.02. The molecule has 0 saturated heterocycles. The summed E-state index contributed by atoms with van der Waals surface area (Å²) < 4.78 is 11.7. The number of nitrogens with zero attached hydrogens (tertiary/aromatic N) is 2. The fraction of sp³-hybridized carbons (Fsp3) is 0.250. The van der Waals surface area contributed by atoms with Crippen LogP contribution in [0, 0.1) is 0 Å². The van der Waals surface area contributed by atoms with E-state index in [1.165, 1.54) is 23.7 Å². The van der Waals surface area contributed by atoms with Crippen LogP contribution in [0.15, 0.2) is 47.3 Å². The Kier molecular flexibility index (Phi) is 5.87. The van der Waals surface area contributed by atoms with Crippen molar-refractivity contribution >= 4 is 22.9 Å². The van der Waals surface area contributed by atoms with E-state index in [-0.39, 0.29) is 13.1 Å². The van der Waals surface area contributed by atoms with Crippen LogP contribution in [0.1, 0.15) is 5.56 Å². The van der Waals surface area contributed by atoms with E-state index in [1.54, 1.807) is 42.5 Å². The fourth-order valence-electron chi connectivity index (χ4n) is 3.07. The molecule has 0 aliphatic heterocycles. The maximum atomic E-state index is 12.9. The van der Waals surface area contributed by atoms with Gasteiger partial charge in [0.15, 0.2) is 0 Å². The van der Waals surface area contributed by atoms with Gasteiger partial charge in [-0.25, -0.2) is 4.79 Å². The normalized spacial score (nSPS) is 10.7. The highest BCUT2D eigenvalue weighted by atomic mass is 16.5. The monoisotopic (exact) mass is 399 g/mol. The SMILES string of the molecule is COc1cc(CN(CC(=O)O)C(=O)Cn2c(=O)[nH]c3ccccc32)cc(OC)c1. The van der Waals surface area contributed by atoms with Crippen molar-refractivity contribution in [3.8, 4) is 11.5 Å². The Hall–Kier alpha value is -3.75. The van der Waals surface area contributed by atoms with Crippen molar-refractivity contribution < 1.29 is 24.2 Å². The Balaban J connectivity index is 1.88. The molecular weight excluding hydrogens is 378 g/mol. The fourth-order valence-corrected chi connectivity index (χ4v) is 3.07. The maximum Gasteiger partial charge on any atom is 0.326 e. The largest absolute Gasteiger partial charge is 0.497 e. The molecule has 0 radical (unpaired) electrons. The Bertz CT molecular complexity index is 1080. The van der Waals surface area contributed by atoms with Gasteiger partial charge in [0.1, 0.15) is 24.6 Å². The first-order valence-electron chi connectivity index (χ1n) is 8.80. The third kappa shape index (κ3) is 4.57. The van der Waals surface area contributed by atoms with Gasteiger partial charge in [-0.15, -0.1) is 0 Å². The molecule has 1 heterocycles. The summed E-state index contributed by atoms with van der Waals surface area (Å²) in [5, 5.41) is 9.25. The molecule has 0 fully saturated rings. The van der Waals surface area contributed by atoms with Gasteiger partial charge in [-0.05, 0) is 29.8 Å². The number of carboxylic acid groups (broad SMARTS) is 1. The number of hydrogen-bond acceptors (Lipinski definition) is 5. The molecule has 0 spiro atoms. The Morgan fingerprint density at radius 1 is 1.10 bits per heavy atom. The zero-order valence-corrected chi connectivity index (χ0v) is 16.0. The molecule has 2 N–H and O–H groups in total. The van der Waals surface area contributed by atoms with Gasteiger partial charge < -0.3 is 24.5 Å². The predicted octanol–water partition coefficient (Wildman–Crippen LogP) is 1.46. The molecule has 0 aliphatic rings. The van der Waals surface area contributed by atoms with E-state index in [4.69, 9.17) is 9.47 Å². The average molecular weight is 399 g/mol. The lowest BCUT2D eigenvalue weighted by Crippen LogP contribution is -2.38. The lowest BCUT2D eigenvalue weighted by molar-refractivity contribution is -0.145. The van der Waals surface area contributed by atoms with E-state index in [2.05, 4.69) is 4.98 Å². The number of carbonyl (C=O) groups is 2. The van der Waals surface area contributed by atoms with Crippen molar-refractivity contribution in [3.05, 3.63) is 58.5 Å². The molecule has 0 unspecified atom stereocenters. The minimum absolute atomic E-state index is 0.0236. The first-order chi connectivity index (χ1) is 13.9. The number of aliphatic carboxylic acids is 1. The van der Waals surface area contributed by atoms with E-state index in [0.29, 0.717) is 28.1 Å². The van der Waals surface area contributed by atoms with E-state index < -0.39 is 24.1 Å². The number of hydrogen-bond donors (Lipinski definition) is 2. The van der Waals surface area contributed by atoms with Crippen LogP contribution in [-0.2, 0) is 22.7 Å². The van der Waals surface area contributed by atoms with Crippen LogP contribution >= 0.6 is 0 Å². The number of benzene rings is 2. The first kappa shape index (κ1) is 20.0. The number of para-hydroxylation sites is 2. The summed E-state index contributed by atoms with van der Waals surface area (Å²) in [6, 6.07) is 12.1. The molecule has 3 rings (SSSR count). The summed E-state index contributed by atoms with van der Waals surface area (Å²) in [4.78, 5) is 40.3. The molecule has 0 atom stereocenters. The van der Waals surface area contributed by atoms with Gasteiger partial charge in [0.2, 0.25) is 5.91 Å². The Morgan fingerprint density at radius 3 is 2.38 bits per heavy atom. The molecule has 29 heavy (non-hydrogen) atoms. The van der Waals surface area contributed by atoms with Gasteiger partial charge in [-0.1, -0.05) is 12.1 Å². The number of H-pyrrole nitrogens is 1. The zero-order chi connectivity index (χ0) is 21.0. The van der Waals surface area contributed by atoms with Crippen molar-refractivity contribution in [2.24, 2.45) is 0 Å². The minimum atomic E-state index is -1.15. The molecule has 0 bridgehead atoms. The lowest BCUT2D eigenvalue weighted by atomic mass is 10.2. The Morgan fingerprint density at radius 2 is 1.76 bits per heavy atom. The highest BCUT2D eigenvalue weighted by Crippen LogP contribution is 2.23. The summed E-state index contributed by atoms with van der Waals surface area (Å²) in [5.74, 6) is -0.606. The molecule has 0 aliphatic carbocycles. The summed E-state index contributed by atoms with van der Waals surface area (Å²) in [5.41, 5.74) is 1.39. The Labute approximate surface area is 166 Å². The van der Waals surface area contributed by atoms with Crippen LogP contribution in [0.5, 0.6) is 11.5 Å². The van der Waals surface area contributed by atoms with Gasteiger partial charge in [0, 0.05) is 12.6 Å². The van der Waals surface area contributed by atoms with E-state index >= 15 is 0 Å². The van der Waals surface area contributed by atoms with Crippen LogP contribution < -0.4 is 15.2 Å². The molecule has 1 aromatic heterocycles.